The van der Waals surface area contributed by atoms with Gasteiger partial charge in [-0.15, -0.1) is 0 Å². The zero-order chi connectivity index (χ0) is 28.3. The van der Waals surface area contributed by atoms with Crippen LogP contribution in [-0.2, 0) is 5.41 Å². The molecule has 42 heavy (non-hydrogen) atoms. The Hall–Kier alpha value is -5.42. The van der Waals surface area contributed by atoms with Gasteiger partial charge in [-0.2, -0.15) is 0 Å². The van der Waals surface area contributed by atoms with Crippen molar-refractivity contribution < 1.29 is 0 Å². The monoisotopic (exact) mass is 541 g/mol. The normalized spacial score (nSPS) is 13.2. The van der Waals surface area contributed by atoms with Crippen LogP contribution in [0.2, 0.25) is 0 Å². The van der Waals surface area contributed by atoms with E-state index in [9.17, 15) is 0 Å². The van der Waals surface area contributed by atoms with Crippen molar-refractivity contribution in [1.82, 2.24) is 24.5 Å². The first-order chi connectivity index (χ1) is 20.6. The van der Waals surface area contributed by atoms with Gasteiger partial charge in [-0.3, -0.25) is 4.57 Å². The highest BCUT2D eigenvalue weighted by molar-refractivity contribution is 5.87. The molecule has 0 saturated carbocycles. The van der Waals surface area contributed by atoms with E-state index in [0.717, 1.165) is 44.7 Å². The lowest BCUT2D eigenvalue weighted by Gasteiger charge is -2.18. The first kappa shape index (κ1) is 24.4. The molecule has 0 N–H and O–H groups in total. The van der Waals surface area contributed by atoms with Crippen LogP contribution < -0.4 is 0 Å². The topological polar surface area (TPSA) is 56.5 Å². The number of rotatable bonds is 4. The van der Waals surface area contributed by atoms with E-state index in [1.165, 1.54) is 11.3 Å². The molecule has 0 fully saturated rings. The number of fused-ring (bicyclic) bond motifs is 5. The van der Waals surface area contributed by atoms with Crippen LogP contribution in [0.25, 0.3) is 62.0 Å². The lowest BCUT2D eigenvalue weighted by atomic mass is 9.84. The Morgan fingerprint density at radius 2 is 1.05 bits per heavy atom. The van der Waals surface area contributed by atoms with E-state index in [2.05, 4.69) is 85.1 Å². The molecular formula is C37H27N5. The van der Waals surface area contributed by atoms with Crippen LogP contribution in [0.3, 0.4) is 0 Å². The van der Waals surface area contributed by atoms with Crippen molar-refractivity contribution in [2.75, 3.05) is 0 Å². The highest BCUT2D eigenvalue weighted by atomic mass is 15.1. The molecule has 3 heterocycles. The van der Waals surface area contributed by atoms with Gasteiger partial charge in [0.2, 0.25) is 0 Å². The molecule has 0 radical (unpaired) electrons. The quantitative estimate of drug-likeness (QED) is 0.224. The molecular weight excluding hydrogens is 514 g/mol. The van der Waals surface area contributed by atoms with Crippen molar-refractivity contribution in [1.29, 1.82) is 0 Å². The first-order valence-electron chi connectivity index (χ1n) is 14.2. The van der Waals surface area contributed by atoms with Gasteiger partial charge in [0.15, 0.2) is 17.5 Å². The molecule has 0 saturated heterocycles. The summed E-state index contributed by atoms with van der Waals surface area (Å²) in [7, 11) is 0. The summed E-state index contributed by atoms with van der Waals surface area (Å²) in [5.74, 6) is 3.02. The van der Waals surface area contributed by atoms with Gasteiger partial charge in [0.05, 0.1) is 22.1 Å². The molecule has 5 nitrogen and oxygen atoms in total. The van der Waals surface area contributed by atoms with Gasteiger partial charge in [-0.1, -0.05) is 109 Å². The van der Waals surface area contributed by atoms with Crippen LogP contribution in [0.5, 0.6) is 0 Å². The van der Waals surface area contributed by atoms with Crippen LogP contribution in [0.15, 0.2) is 127 Å². The largest absolute Gasteiger partial charge is 0.295 e. The van der Waals surface area contributed by atoms with Gasteiger partial charge >= 0.3 is 0 Å². The summed E-state index contributed by atoms with van der Waals surface area (Å²) >= 11 is 0. The molecule has 0 bridgehead atoms. The molecule has 1 aliphatic heterocycles. The van der Waals surface area contributed by atoms with Crippen molar-refractivity contribution in [3.63, 3.8) is 0 Å². The molecule has 5 heteroatoms. The van der Waals surface area contributed by atoms with Crippen LogP contribution >= 0.6 is 0 Å². The molecule has 0 unspecified atom stereocenters. The van der Waals surface area contributed by atoms with Gasteiger partial charge < -0.3 is 0 Å². The van der Waals surface area contributed by atoms with Crippen molar-refractivity contribution in [2.45, 2.75) is 19.3 Å². The molecule has 1 aliphatic rings. The summed E-state index contributed by atoms with van der Waals surface area (Å²) in [5, 5.41) is 0. The lowest BCUT2D eigenvalue weighted by molar-refractivity contribution is 0.621. The smallest absolute Gasteiger partial charge is 0.164 e. The van der Waals surface area contributed by atoms with Crippen molar-refractivity contribution in [3.8, 4) is 51.0 Å². The van der Waals surface area contributed by atoms with Crippen molar-refractivity contribution in [3.05, 3.63) is 139 Å². The van der Waals surface area contributed by atoms with Gasteiger partial charge in [-0.25, -0.2) is 19.9 Å². The lowest BCUT2D eigenvalue weighted by Crippen LogP contribution is -2.16. The Balaban J connectivity index is 1.32. The number of imidazole rings is 1. The maximum atomic E-state index is 5.07. The summed E-state index contributed by atoms with van der Waals surface area (Å²) in [6.07, 6.45) is 0. The van der Waals surface area contributed by atoms with E-state index in [1.54, 1.807) is 0 Å². The van der Waals surface area contributed by atoms with Crippen molar-refractivity contribution in [2.24, 2.45) is 0 Å². The maximum Gasteiger partial charge on any atom is 0.164 e. The standard InChI is InChI=1S/C37H27N5/c1-37(2)29-20-12-19-28(32(29)42-31-22-10-9-21-30(31)38-36(37)42)26-17-11-18-27(23-26)35-40-33(24-13-5-3-6-14-24)39-34(41-35)25-15-7-4-8-16-25/h3-23H,1-2H3. The number of para-hydroxylation sites is 3. The van der Waals surface area contributed by atoms with E-state index >= 15 is 0 Å². The van der Waals surface area contributed by atoms with E-state index in [-0.39, 0.29) is 5.41 Å². The van der Waals surface area contributed by atoms with E-state index < -0.39 is 0 Å². The summed E-state index contributed by atoms with van der Waals surface area (Å²) in [5.41, 5.74) is 9.50. The third kappa shape index (κ3) is 3.78. The molecule has 200 valence electrons. The van der Waals surface area contributed by atoms with Gasteiger partial charge in [0.25, 0.3) is 0 Å². The Bertz CT molecular complexity index is 2050. The third-order valence-electron chi connectivity index (χ3n) is 8.18. The van der Waals surface area contributed by atoms with E-state index in [4.69, 9.17) is 19.9 Å². The summed E-state index contributed by atoms with van der Waals surface area (Å²) in [4.78, 5) is 19.9. The Kier molecular flexibility index (Phi) is 5.41. The predicted octanol–water partition coefficient (Wildman–Crippen LogP) is 8.52. The van der Waals surface area contributed by atoms with E-state index in [0.29, 0.717) is 17.5 Å². The number of hydrogen-bond donors (Lipinski definition) is 0. The predicted molar refractivity (Wildman–Crippen MR) is 168 cm³/mol. The van der Waals surface area contributed by atoms with Gasteiger partial charge in [0, 0.05) is 22.3 Å². The molecule has 0 spiro atoms. The van der Waals surface area contributed by atoms with Crippen LogP contribution in [0.4, 0.5) is 0 Å². The third-order valence-corrected chi connectivity index (χ3v) is 8.18. The number of aromatic nitrogens is 5. The minimum absolute atomic E-state index is 0.217. The van der Waals surface area contributed by atoms with Crippen LogP contribution in [-0.4, -0.2) is 24.5 Å². The molecule has 0 amide bonds. The summed E-state index contributed by atoms with van der Waals surface area (Å²) in [6.45, 7) is 4.52. The summed E-state index contributed by atoms with van der Waals surface area (Å²) < 4.78 is 2.34. The Morgan fingerprint density at radius 3 is 1.74 bits per heavy atom. The number of benzene rings is 5. The van der Waals surface area contributed by atoms with E-state index in [1.807, 2.05) is 60.7 Å². The van der Waals surface area contributed by atoms with Crippen LogP contribution in [0, 0.1) is 0 Å². The second-order valence-corrected chi connectivity index (χ2v) is 11.2. The fraction of sp³-hybridized carbons (Fsp3) is 0.0811. The number of hydrogen-bond acceptors (Lipinski definition) is 4. The molecule has 0 atom stereocenters. The summed E-state index contributed by atoms with van der Waals surface area (Å²) in [6, 6.07) is 43.7. The molecule has 8 rings (SSSR count). The van der Waals surface area contributed by atoms with Gasteiger partial charge in [0.1, 0.15) is 5.82 Å². The van der Waals surface area contributed by atoms with Gasteiger partial charge in [-0.05, 0) is 43.2 Å². The van der Waals surface area contributed by atoms with Crippen LogP contribution in [0.1, 0.15) is 25.2 Å². The average molecular weight is 542 g/mol. The number of nitrogens with zero attached hydrogens (tertiary/aromatic N) is 5. The minimum atomic E-state index is -0.217. The second-order valence-electron chi connectivity index (χ2n) is 11.2. The highest BCUT2D eigenvalue weighted by Crippen LogP contribution is 2.48. The molecule has 7 aromatic rings. The zero-order valence-electron chi connectivity index (χ0n) is 23.4. The fourth-order valence-electron chi connectivity index (χ4n) is 6.08. The SMILES string of the molecule is CC1(C)c2cccc(-c3cccc(-c4nc(-c5ccccc5)nc(-c5ccccc5)n4)c3)c2-n2c1nc1ccccc12. The highest BCUT2D eigenvalue weighted by Gasteiger charge is 2.40. The molecule has 2 aromatic heterocycles. The van der Waals surface area contributed by atoms with Crippen molar-refractivity contribution >= 4 is 11.0 Å². The Labute approximate surface area is 244 Å². The minimum Gasteiger partial charge on any atom is -0.295 e. The second kappa shape index (κ2) is 9.32. The molecule has 5 aromatic carbocycles. The zero-order valence-corrected chi connectivity index (χ0v) is 23.4. The average Bonchev–Trinajstić information content (AvgIpc) is 3.55. The maximum absolute atomic E-state index is 5.07. The Morgan fingerprint density at radius 1 is 0.500 bits per heavy atom. The fourth-order valence-corrected chi connectivity index (χ4v) is 6.08. The first-order valence-corrected chi connectivity index (χ1v) is 14.2. The molecule has 0 aliphatic carbocycles.